The van der Waals surface area contributed by atoms with Gasteiger partial charge in [-0.15, -0.1) is 6.42 Å². The molecule has 0 radical (unpaired) electrons. The second kappa shape index (κ2) is 8.99. The molecule has 0 aromatic heterocycles. The lowest BCUT2D eigenvalue weighted by atomic mass is 9.86. The lowest BCUT2D eigenvalue weighted by molar-refractivity contribution is -0.118. The first-order chi connectivity index (χ1) is 10.9. The van der Waals surface area contributed by atoms with Crippen molar-refractivity contribution in [2.75, 3.05) is 6.61 Å². The van der Waals surface area contributed by atoms with Gasteiger partial charge in [-0.05, 0) is 24.8 Å². The van der Waals surface area contributed by atoms with Gasteiger partial charge in [0, 0.05) is 6.04 Å². The number of amides is 1. The molecule has 0 aromatic carbocycles. The molecule has 1 rings (SSSR count). The number of allylic oxidation sites excluding steroid dienone is 1. The van der Waals surface area contributed by atoms with Crippen LogP contribution in [0.25, 0.3) is 0 Å². The molecule has 1 fully saturated rings. The van der Waals surface area contributed by atoms with Crippen LogP contribution in [-0.2, 0) is 9.53 Å². The zero-order valence-electron chi connectivity index (χ0n) is 13.2. The van der Waals surface area contributed by atoms with Gasteiger partial charge in [0.2, 0.25) is 0 Å². The molecule has 0 spiro atoms. The van der Waals surface area contributed by atoms with Crippen molar-refractivity contribution in [3.8, 4) is 12.3 Å². The van der Waals surface area contributed by atoms with Gasteiger partial charge in [0.1, 0.15) is 12.4 Å². The summed E-state index contributed by atoms with van der Waals surface area (Å²) in [5.41, 5.74) is 4.47. The molecule has 3 N–H and O–H groups in total. The molecular weight excluding hydrogens is 302 g/mol. The third kappa shape index (κ3) is 5.78. The van der Waals surface area contributed by atoms with Gasteiger partial charge in [-0.3, -0.25) is 4.79 Å². The zero-order valence-corrected chi connectivity index (χ0v) is 13.2. The van der Waals surface area contributed by atoms with E-state index in [1.54, 1.807) is 0 Å². The Labute approximate surface area is 135 Å². The smallest absolute Gasteiger partial charge is 0.256 e. The van der Waals surface area contributed by atoms with E-state index in [9.17, 15) is 13.6 Å². The maximum Gasteiger partial charge on any atom is 0.256 e. The Kier molecular flexibility index (Phi) is 7.33. The number of carbonyl (C=O) groups is 1. The number of carbonyl (C=O) groups excluding carboxylic acids is 1. The monoisotopic (exact) mass is 324 g/mol. The Morgan fingerprint density at radius 3 is 2.70 bits per heavy atom. The highest BCUT2D eigenvalue weighted by Crippen LogP contribution is 2.24. The maximum absolute atomic E-state index is 13.9. The summed E-state index contributed by atoms with van der Waals surface area (Å²) < 4.78 is 32.1. The summed E-state index contributed by atoms with van der Waals surface area (Å²) in [4.78, 5) is 12.2. The van der Waals surface area contributed by atoms with Crippen LogP contribution in [-0.4, -0.2) is 18.6 Å². The average molecular weight is 324 g/mol. The number of rotatable bonds is 6. The van der Waals surface area contributed by atoms with Crippen LogP contribution in [0.3, 0.4) is 0 Å². The van der Waals surface area contributed by atoms with Crippen molar-refractivity contribution in [2.45, 2.75) is 38.6 Å². The van der Waals surface area contributed by atoms with Crippen molar-refractivity contribution in [2.24, 2.45) is 11.7 Å². The highest BCUT2D eigenvalue weighted by molar-refractivity contribution is 5.97. The first kappa shape index (κ1) is 18.8. The molecule has 1 aliphatic rings. The lowest BCUT2D eigenvalue weighted by Gasteiger charge is -2.29. The molecule has 0 bridgehead atoms. The summed E-state index contributed by atoms with van der Waals surface area (Å²) in [7, 11) is 0. The molecule has 1 aliphatic carbocycles. The van der Waals surface area contributed by atoms with Crippen LogP contribution in [0.15, 0.2) is 35.8 Å². The Balaban J connectivity index is 2.82. The van der Waals surface area contributed by atoms with Gasteiger partial charge in [0.25, 0.3) is 5.91 Å². The molecule has 0 aromatic rings. The standard InChI is InChI=1S/C17H22F2N2O2/c1-4-9-23-12(3)14(18)10-13(16(19)20)17(22)21-15-8-6-5-7-11(15)2/h1,10-11,15H,3,5-9,20H2,2H3,(H,21,22)/b14-10+,16-13+. The van der Waals surface area contributed by atoms with Gasteiger partial charge < -0.3 is 15.8 Å². The fraction of sp³-hybridized carbons (Fsp3) is 0.471. The number of halogens is 2. The molecule has 1 saturated carbocycles. The van der Waals surface area contributed by atoms with Crippen LogP contribution in [0, 0.1) is 18.3 Å². The van der Waals surface area contributed by atoms with E-state index in [0.29, 0.717) is 6.08 Å². The van der Waals surface area contributed by atoms with E-state index in [1.165, 1.54) is 0 Å². The van der Waals surface area contributed by atoms with Gasteiger partial charge in [0.15, 0.2) is 11.8 Å². The summed E-state index contributed by atoms with van der Waals surface area (Å²) >= 11 is 0. The molecule has 126 valence electrons. The summed E-state index contributed by atoms with van der Waals surface area (Å²) in [6.45, 7) is 5.14. The topological polar surface area (TPSA) is 64.3 Å². The molecule has 0 aliphatic heterocycles. The average Bonchev–Trinajstić information content (AvgIpc) is 2.51. The number of hydrogen-bond donors (Lipinski definition) is 2. The van der Waals surface area contributed by atoms with Crippen molar-refractivity contribution in [3.63, 3.8) is 0 Å². The minimum atomic E-state index is -1.27. The highest BCUT2D eigenvalue weighted by Gasteiger charge is 2.25. The minimum Gasteiger partial charge on any atom is -0.479 e. The maximum atomic E-state index is 13.9. The van der Waals surface area contributed by atoms with Crippen molar-refractivity contribution in [1.82, 2.24) is 5.32 Å². The van der Waals surface area contributed by atoms with Gasteiger partial charge in [0.05, 0.1) is 5.57 Å². The predicted molar refractivity (Wildman–Crippen MR) is 85.0 cm³/mol. The summed E-state index contributed by atoms with van der Waals surface area (Å²) in [6.07, 6.45) is 9.51. The molecule has 0 saturated heterocycles. The SMILES string of the molecule is C#CCOC(=C)/C(F)=C\C(C(=O)NC1CCCCC1C)=C(/N)F. The minimum absolute atomic E-state index is 0.0806. The van der Waals surface area contributed by atoms with Gasteiger partial charge >= 0.3 is 0 Å². The Hall–Kier alpha value is -2.29. The first-order valence-electron chi connectivity index (χ1n) is 7.45. The van der Waals surface area contributed by atoms with E-state index in [0.717, 1.165) is 25.7 Å². The molecule has 6 heteroatoms. The Morgan fingerprint density at radius 1 is 1.48 bits per heavy atom. The van der Waals surface area contributed by atoms with Gasteiger partial charge in [-0.25, -0.2) is 4.39 Å². The zero-order chi connectivity index (χ0) is 17.4. The molecule has 2 atom stereocenters. The number of ether oxygens (including phenoxy) is 1. The van der Waals surface area contributed by atoms with Crippen LogP contribution < -0.4 is 11.1 Å². The summed E-state index contributed by atoms with van der Waals surface area (Å²) in [5.74, 6) is -1.01. The summed E-state index contributed by atoms with van der Waals surface area (Å²) in [5, 5.41) is 2.71. The second-order valence-electron chi connectivity index (χ2n) is 5.51. The van der Waals surface area contributed by atoms with E-state index >= 15 is 0 Å². The summed E-state index contributed by atoms with van der Waals surface area (Å²) in [6, 6.07) is -0.0806. The molecule has 23 heavy (non-hydrogen) atoms. The number of terminal acetylenes is 1. The van der Waals surface area contributed by atoms with Crippen molar-refractivity contribution in [1.29, 1.82) is 0 Å². The van der Waals surface area contributed by atoms with Gasteiger partial charge in [-0.1, -0.05) is 32.3 Å². The molecule has 1 amide bonds. The Morgan fingerprint density at radius 2 is 2.13 bits per heavy atom. The third-order valence-electron chi connectivity index (χ3n) is 3.80. The number of nitrogens with one attached hydrogen (secondary N) is 1. The van der Waals surface area contributed by atoms with Crippen molar-refractivity contribution >= 4 is 5.91 Å². The molecular formula is C17H22F2N2O2. The lowest BCUT2D eigenvalue weighted by Crippen LogP contribution is -2.41. The number of nitrogens with two attached hydrogens (primary N) is 1. The largest absolute Gasteiger partial charge is 0.479 e. The van der Waals surface area contributed by atoms with E-state index < -0.39 is 23.3 Å². The van der Waals surface area contributed by atoms with Crippen molar-refractivity contribution < 1.29 is 18.3 Å². The third-order valence-corrected chi connectivity index (χ3v) is 3.80. The van der Waals surface area contributed by atoms with Crippen LogP contribution >= 0.6 is 0 Å². The van der Waals surface area contributed by atoms with Crippen LogP contribution in [0.4, 0.5) is 8.78 Å². The normalized spacial score (nSPS) is 22.6. The second-order valence-corrected chi connectivity index (χ2v) is 5.51. The fourth-order valence-corrected chi connectivity index (χ4v) is 2.42. The van der Waals surface area contributed by atoms with Gasteiger partial charge in [-0.2, -0.15) is 4.39 Å². The quantitative estimate of drug-likeness (QED) is 0.260. The fourth-order valence-electron chi connectivity index (χ4n) is 2.42. The number of hydrogen-bond acceptors (Lipinski definition) is 3. The van der Waals surface area contributed by atoms with E-state index in [2.05, 4.69) is 17.8 Å². The molecule has 4 nitrogen and oxygen atoms in total. The van der Waals surface area contributed by atoms with E-state index in [1.807, 2.05) is 6.92 Å². The Bertz CT molecular complexity index is 557. The predicted octanol–water partition coefficient (Wildman–Crippen LogP) is 2.84. The van der Waals surface area contributed by atoms with E-state index in [4.69, 9.17) is 16.9 Å². The van der Waals surface area contributed by atoms with Crippen LogP contribution in [0.5, 0.6) is 0 Å². The van der Waals surface area contributed by atoms with Crippen LogP contribution in [0.1, 0.15) is 32.6 Å². The molecule has 2 unspecified atom stereocenters. The highest BCUT2D eigenvalue weighted by atomic mass is 19.1. The first-order valence-corrected chi connectivity index (χ1v) is 7.45. The van der Waals surface area contributed by atoms with Crippen LogP contribution in [0.2, 0.25) is 0 Å². The molecule has 0 heterocycles. The van der Waals surface area contributed by atoms with E-state index in [-0.39, 0.29) is 24.3 Å². The van der Waals surface area contributed by atoms with Crippen molar-refractivity contribution in [3.05, 3.63) is 35.8 Å².